The van der Waals surface area contributed by atoms with Crippen LogP contribution < -0.4 is 0 Å². The third-order valence-corrected chi connectivity index (χ3v) is 3.75. The highest BCUT2D eigenvalue weighted by atomic mass is 16.5. The van der Waals surface area contributed by atoms with Gasteiger partial charge >= 0.3 is 11.9 Å². The normalized spacial score (nSPS) is 24.1. The van der Waals surface area contributed by atoms with Crippen LogP contribution in [0.15, 0.2) is 35.6 Å². The number of fused-ring (bicyclic) bond motifs is 1. The number of carbonyl (C=O) groups is 2. The first kappa shape index (κ1) is 15.5. The van der Waals surface area contributed by atoms with Gasteiger partial charge in [-0.2, -0.15) is 0 Å². The number of hydrogen-bond acceptors (Lipinski definition) is 5. The van der Waals surface area contributed by atoms with Crippen molar-refractivity contribution in [1.82, 2.24) is 4.90 Å². The Morgan fingerprint density at radius 1 is 1.38 bits per heavy atom. The van der Waals surface area contributed by atoms with Crippen molar-refractivity contribution in [2.75, 3.05) is 19.7 Å². The van der Waals surface area contributed by atoms with Crippen LogP contribution in [0, 0.1) is 0 Å². The maximum Gasteiger partial charge on any atom is 0.334 e. The predicted molar refractivity (Wildman–Crippen MR) is 78.3 cm³/mol. The van der Waals surface area contributed by atoms with Crippen LogP contribution in [0.5, 0.6) is 0 Å². The average molecular weight is 291 g/mol. The lowest BCUT2D eigenvalue weighted by atomic mass is 9.88. The molecular formula is C16H21NO4. The summed E-state index contributed by atoms with van der Waals surface area (Å²) in [6.45, 7) is 7.40. The minimum absolute atomic E-state index is 0.259. The summed E-state index contributed by atoms with van der Waals surface area (Å²) in [5.74, 6) is -0.218. The monoisotopic (exact) mass is 291 g/mol. The molecule has 0 aromatic carbocycles. The number of ether oxygens (including phenoxy) is 2. The van der Waals surface area contributed by atoms with Crippen LogP contribution in [0.25, 0.3) is 0 Å². The first-order valence-electron chi connectivity index (χ1n) is 7.33. The fraction of sp³-hybridized carbons (Fsp3) is 0.500. The maximum atomic E-state index is 12.5. The molecule has 5 nitrogen and oxygen atoms in total. The molecule has 21 heavy (non-hydrogen) atoms. The number of esters is 2. The summed E-state index contributed by atoms with van der Waals surface area (Å²) in [4.78, 5) is 26.0. The fourth-order valence-corrected chi connectivity index (χ4v) is 2.69. The van der Waals surface area contributed by atoms with Crippen LogP contribution in [-0.2, 0) is 19.1 Å². The second kappa shape index (κ2) is 6.26. The molecule has 0 N–H and O–H groups in total. The molecule has 5 heteroatoms. The summed E-state index contributed by atoms with van der Waals surface area (Å²) in [5.41, 5.74) is -0.175. The third-order valence-electron chi connectivity index (χ3n) is 3.75. The van der Waals surface area contributed by atoms with E-state index in [4.69, 9.17) is 9.47 Å². The van der Waals surface area contributed by atoms with Gasteiger partial charge in [0.25, 0.3) is 0 Å². The predicted octanol–water partition coefficient (Wildman–Crippen LogP) is 1.96. The van der Waals surface area contributed by atoms with Crippen LogP contribution in [0.2, 0.25) is 0 Å². The van der Waals surface area contributed by atoms with E-state index in [1.807, 2.05) is 37.0 Å². The minimum Gasteiger partial charge on any atom is -0.464 e. The molecule has 1 unspecified atom stereocenters. The molecule has 1 heterocycles. The van der Waals surface area contributed by atoms with Gasteiger partial charge in [-0.1, -0.05) is 26.0 Å². The van der Waals surface area contributed by atoms with Crippen LogP contribution in [0.3, 0.4) is 0 Å². The SMILES string of the molecule is CCOC(=O)C1(N(CC)CC)C=CC2=CCC(=O)OC2=C1. The van der Waals surface area contributed by atoms with Gasteiger partial charge in [-0.3, -0.25) is 9.69 Å². The zero-order chi connectivity index (χ0) is 15.5. The van der Waals surface area contributed by atoms with Crippen molar-refractivity contribution in [3.8, 4) is 0 Å². The number of rotatable bonds is 5. The van der Waals surface area contributed by atoms with Crippen molar-refractivity contribution >= 4 is 11.9 Å². The first-order chi connectivity index (χ1) is 10.1. The lowest BCUT2D eigenvalue weighted by molar-refractivity contribution is -0.152. The van der Waals surface area contributed by atoms with E-state index in [0.717, 1.165) is 5.57 Å². The number of allylic oxidation sites excluding steroid dienone is 1. The smallest absolute Gasteiger partial charge is 0.334 e. The molecule has 0 aromatic heterocycles. The van der Waals surface area contributed by atoms with E-state index in [1.54, 1.807) is 13.0 Å². The van der Waals surface area contributed by atoms with Gasteiger partial charge in [0.05, 0.1) is 13.0 Å². The summed E-state index contributed by atoms with van der Waals surface area (Å²) in [7, 11) is 0. The van der Waals surface area contributed by atoms with Gasteiger partial charge in [0, 0.05) is 5.57 Å². The number of carbonyl (C=O) groups excluding carboxylic acids is 2. The van der Waals surface area contributed by atoms with Crippen molar-refractivity contribution in [3.05, 3.63) is 35.6 Å². The van der Waals surface area contributed by atoms with Crippen LogP contribution in [0.1, 0.15) is 27.2 Å². The van der Waals surface area contributed by atoms with Crippen molar-refractivity contribution in [2.24, 2.45) is 0 Å². The third kappa shape index (κ3) is 2.78. The molecule has 1 atom stereocenters. The molecule has 0 bridgehead atoms. The Balaban J connectivity index is 2.47. The van der Waals surface area contributed by atoms with Crippen molar-refractivity contribution < 1.29 is 19.1 Å². The Bertz CT molecular complexity index is 528. The molecule has 0 spiro atoms. The van der Waals surface area contributed by atoms with E-state index in [1.165, 1.54) is 0 Å². The molecule has 114 valence electrons. The number of likely N-dealkylation sites (N-methyl/N-ethyl adjacent to an activating group) is 1. The summed E-state index contributed by atoms with van der Waals surface area (Å²) in [6.07, 6.45) is 7.42. The molecule has 1 aliphatic carbocycles. The molecule has 0 fully saturated rings. The van der Waals surface area contributed by atoms with Crippen molar-refractivity contribution in [3.63, 3.8) is 0 Å². The topological polar surface area (TPSA) is 55.8 Å². The zero-order valence-corrected chi connectivity index (χ0v) is 12.7. The standard InChI is InChI=1S/C16H21NO4/c1-4-17(5-2)16(15(19)20-6-3)10-9-12-7-8-14(18)21-13(12)11-16/h7,9-11H,4-6,8H2,1-3H3. The largest absolute Gasteiger partial charge is 0.464 e. The van der Waals surface area contributed by atoms with Gasteiger partial charge < -0.3 is 9.47 Å². The Morgan fingerprint density at radius 2 is 2.10 bits per heavy atom. The molecular weight excluding hydrogens is 270 g/mol. The summed E-state index contributed by atoms with van der Waals surface area (Å²) < 4.78 is 10.5. The van der Waals surface area contributed by atoms with Gasteiger partial charge in [-0.05, 0) is 32.2 Å². The van der Waals surface area contributed by atoms with Crippen LogP contribution in [-0.4, -0.2) is 42.1 Å². The second-order valence-corrected chi connectivity index (χ2v) is 4.90. The molecule has 0 saturated heterocycles. The Kier molecular flexibility index (Phi) is 4.63. The zero-order valence-electron chi connectivity index (χ0n) is 12.7. The number of hydrogen-bond donors (Lipinski definition) is 0. The molecule has 0 amide bonds. The highest BCUT2D eigenvalue weighted by Crippen LogP contribution is 2.33. The average Bonchev–Trinajstić information content (AvgIpc) is 2.48. The van der Waals surface area contributed by atoms with E-state index < -0.39 is 5.54 Å². The van der Waals surface area contributed by atoms with Gasteiger partial charge in [0.15, 0.2) is 5.54 Å². The summed E-state index contributed by atoms with van der Waals surface area (Å²) in [5, 5.41) is 0. The van der Waals surface area contributed by atoms with E-state index >= 15 is 0 Å². The van der Waals surface area contributed by atoms with Crippen LogP contribution in [0.4, 0.5) is 0 Å². The summed E-state index contributed by atoms with van der Waals surface area (Å²) >= 11 is 0. The van der Waals surface area contributed by atoms with Crippen molar-refractivity contribution in [2.45, 2.75) is 32.7 Å². The van der Waals surface area contributed by atoms with E-state index in [0.29, 0.717) is 25.5 Å². The quantitative estimate of drug-likeness (QED) is 0.725. The highest BCUT2D eigenvalue weighted by Gasteiger charge is 2.43. The molecule has 0 saturated carbocycles. The van der Waals surface area contributed by atoms with Gasteiger partial charge in [0.2, 0.25) is 0 Å². The minimum atomic E-state index is -1.01. The molecule has 0 aromatic rings. The second-order valence-electron chi connectivity index (χ2n) is 4.90. The lowest BCUT2D eigenvalue weighted by Crippen LogP contribution is -2.53. The van der Waals surface area contributed by atoms with E-state index in [9.17, 15) is 9.59 Å². The first-order valence-corrected chi connectivity index (χ1v) is 7.33. The maximum absolute atomic E-state index is 12.5. The molecule has 2 rings (SSSR count). The van der Waals surface area contributed by atoms with Crippen LogP contribution >= 0.6 is 0 Å². The fourth-order valence-electron chi connectivity index (χ4n) is 2.69. The van der Waals surface area contributed by atoms with E-state index in [-0.39, 0.29) is 18.4 Å². The number of nitrogens with zero attached hydrogens (tertiary/aromatic N) is 1. The summed E-state index contributed by atoms with van der Waals surface area (Å²) in [6, 6.07) is 0. The Hall–Kier alpha value is -1.88. The van der Waals surface area contributed by atoms with E-state index in [2.05, 4.69) is 0 Å². The molecule has 0 radical (unpaired) electrons. The molecule has 1 aliphatic heterocycles. The lowest BCUT2D eigenvalue weighted by Gasteiger charge is -2.38. The molecule has 2 aliphatic rings. The Labute approximate surface area is 124 Å². The van der Waals surface area contributed by atoms with Crippen molar-refractivity contribution in [1.29, 1.82) is 0 Å². The van der Waals surface area contributed by atoms with Gasteiger partial charge in [-0.25, -0.2) is 4.79 Å². The Morgan fingerprint density at radius 3 is 2.71 bits per heavy atom. The van der Waals surface area contributed by atoms with Gasteiger partial charge in [0.1, 0.15) is 5.76 Å². The van der Waals surface area contributed by atoms with Gasteiger partial charge in [-0.15, -0.1) is 0 Å². The highest BCUT2D eigenvalue weighted by molar-refractivity contribution is 5.88.